The molecule has 3 aromatic rings. The fraction of sp³-hybridized carbons (Fsp3) is 0.276. The predicted octanol–water partition coefficient (Wildman–Crippen LogP) is 4.68. The van der Waals surface area contributed by atoms with Gasteiger partial charge in [-0.2, -0.15) is 0 Å². The van der Waals surface area contributed by atoms with Crippen molar-refractivity contribution in [3.05, 3.63) is 83.4 Å². The van der Waals surface area contributed by atoms with Gasteiger partial charge in [0.2, 0.25) is 0 Å². The molecule has 0 atom stereocenters. The molecular formula is C29H28N2O5. The van der Waals surface area contributed by atoms with Crippen LogP contribution in [0.15, 0.2) is 66.7 Å². The summed E-state index contributed by atoms with van der Waals surface area (Å²) in [5, 5.41) is 0. The number of hydrogen-bond acceptors (Lipinski definition) is 5. The second-order valence-corrected chi connectivity index (χ2v) is 9.53. The molecule has 2 amide bonds. The van der Waals surface area contributed by atoms with Gasteiger partial charge in [-0.1, -0.05) is 18.2 Å². The summed E-state index contributed by atoms with van der Waals surface area (Å²) >= 11 is 0. The number of ether oxygens (including phenoxy) is 2. The molecule has 0 N–H and O–H groups in total. The molecule has 184 valence electrons. The predicted molar refractivity (Wildman–Crippen MR) is 137 cm³/mol. The van der Waals surface area contributed by atoms with Crippen LogP contribution >= 0.6 is 0 Å². The lowest BCUT2D eigenvalue weighted by Gasteiger charge is -2.39. The van der Waals surface area contributed by atoms with Crippen molar-refractivity contribution in [3.8, 4) is 11.5 Å². The molecule has 2 aliphatic heterocycles. The zero-order valence-electron chi connectivity index (χ0n) is 20.6. The summed E-state index contributed by atoms with van der Waals surface area (Å²) < 4.78 is 11.1. The Balaban J connectivity index is 1.48. The van der Waals surface area contributed by atoms with E-state index in [1.165, 1.54) is 4.90 Å². The monoisotopic (exact) mass is 484 g/mol. The molecule has 36 heavy (non-hydrogen) atoms. The van der Waals surface area contributed by atoms with Gasteiger partial charge in [0.1, 0.15) is 11.5 Å². The third-order valence-electron chi connectivity index (χ3n) is 6.69. The fourth-order valence-corrected chi connectivity index (χ4v) is 4.77. The largest absolute Gasteiger partial charge is 0.497 e. The van der Waals surface area contributed by atoms with Crippen molar-refractivity contribution in [2.24, 2.45) is 0 Å². The maximum absolute atomic E-state index is 13.6. The van der Waals surface area contributed by atoms with Crippen molar-refractivity contribution in [1.29, 1.82) is 0 Å². The van der Waals surface area contributed by atoms with Gasteiger partial charge in [0.05, 0.1) is 19.3 Å². The van der Waals surface area contributed by atoms with Gasteiger partial charge in [0.15, 0.2) is 11.4 Å². The number of aryl methyl sites for hydroxylation is 1. The number of ketones is 1. The van der Waals surface area contributed by atoms with Gasteiger partial charge in [0, 0.05) is 23.4 Å². The van der Waals surface area contributed by atoms with Crippen LogP contribution in [0.1, 0.15) is 46.5 Å². The maximum atomic E-state index is 13.6. The zero-order valence-corrected chi connectivity index (χ0v) is 20.6. The van der Waals surface area contributed by atoms with E-state index in [0.29, 0.717) is 34.9 Å². The number of amides is 2. The van der Waals surface area contributed by atoms with Crippen LogP contribution in [0, 0.1) is 0 Å². The van der Waals surface area contributed by atoms with Crippen molar-refractivity contribution < 1.29 is 23.9 Å². The van der Waals surface area contributed by atoms with Crippen LogP contribution in [0.3, 0.4) is 0 Å². The number of fused-ring (bicyclic) bond motifs is 2. The SMILES string of the molecule is COc1ccc(C(=O)CN2C(=O)C(C)(C)Oc3ccc(C(=O)N4CCCc5ccccc54)cc32)cc1. The molecule has 0 aromatic heterocycles. The number of Topliss-reactive ketones (excluding diaryl/α,β-unsaturated/α-hetero) is 1. The Hall–Kier alpha value is -4.13. The summed E-state index contributed by atoms with van der Waals surface area (Å²) in [7, 11) is 1.56. The number of anilines is 2. The van der Waals surface area contributed by atoms with Crippen LogP contribution < -0.4 is 19.3 Å². The molecule has 7 nitrogen and oxygen atoms in total. The molecule has 7 heteroatoms. The summed E-state index contributed by atoms with van der Waals surface area (Å²) in [5.74, 6) is 0.380. The van der Waals surface area contributed by atoms with Gasteiger partial charge in [-0.05, 0) is 80.8 Å². The van der Waals surface area contributed by atoms with Crippen LogP contribution in [-0.2, 0) is 11.2 Å². The first kappa shape index (κ1) is 23.6. The van der Waals surface area contributed by atoms with E-state index in [1.807, 2.05) is 24.3 Å². The highest BCUT2D eigenvalue weighted by Gasteiger charge is 2.42. The molecule has 3 aromatic carbocycles. The van der Waals surface area contributed by atoms with E-state index in [2.05, 4.69) is 0 Å². The number of hydrogen-bond donors (Lipinski definition) is 0. The number of methoxy groups -OCH3 is 1. The van der Waals surface area contributed by atoms with Crippen molar-refractivity contribution >= 4 is 29.0 Å². The van der Waals surface area contributed by atoms with Crippen LogP contribution in [0.25, 0.3) is 0 Å². The minimum Gasteiger partial charge on any atom is -0.497 e. The molecule has 0 aliphatic carbocycles. The molecule has 2 aliphatic rings. The molecule has 0 bridgehead atoms. The molecular weight excluding hydrogens is 456 g/mol. The first-order chi connectivity index (χ1) is 17.3. The van der Waals surface area contributed by atoms with Gasteiger partial charge >= 0.3 is 0 Å². The van der Waals surface area contributed by atoms with E-state index >= 15 is 0 Å². The van der Waals surface area contributed by atoms with E-state index in [9.17, 15) is 14.4 Å². The number of carbonyl (C=O) groups is 3. The zero-order chi connectivity index (χ0) is 25.4. The number of carbonyl (C=O) groups excluding carboxylic acids is 3. The molecule has 0 saturated heterocycles. The van der Waals surface area contributed by atoms with Crippen LogP contribution in [0.2, 0.25) is 0 Å². The maximum Gasteiger partial charge on any atom is 0.271 e. The molecule has 2 heterocycles. The van der Waals surface area contributed by atoms with Crippen molar-refractivity contribution in [2.45, 2.75) is 32.3 Å². The quantitative estimate of drug-likeness (QED) is 0.492. The summed E-state index contributed by atoms with van der Waals surface area (Å²) in [4.78, 5) is 43.3. The minimum atomic E-state index is -1.15. The van der Waals surface area contributed by atoms with Gasteiger partial charge in [-0.15, -0.1) is 0 Å². The second kappa shape index (κ2) is 9.15. The molecule has 0 unspecified atom stereocenters. The first-order valence-electron chi connectivity index (χ1n) is 12.0. The normalized spacial score (nSPS) is 16.0. The van der Waals surface area contributed by atoms with E-state index in [1.54, 1.807) is 68.3 Å². The lowest BCUT2D eigenvalue weighted by atomic mass is 9.99. The third-order valence-corrected chi connectivity index (χ3v) is 6.69. The molecule has 0 spiro atoms. The number of benzene rings is 3. The van der Waals surface area contributed by atoms with Gasteiger partial charge in [-0.25, -0.2) is 0 Å². The highest BCUT2D eigenvalue weighted by Crippen LogP contribution is 2.39. The molecule has 0 saturated carbocycles. The second-order valence-electron chi connectivity index (χ2n) is 9.53. The highest BCUT2D eigenvalue weighted by molar-refractivity contribution is 6.12. The number of rotatable bonds is 5. The van der Waals surface area contributed by atoms with Gasteiger partial charge in [-0.3, -0.25) is 19.3 Å². The standard InChI is InChI=1S/C29H28N2O5/c1-29(2)28(34)31(18-25(32)20-10-13-22(35-3)14-11-20)24-17-21(12-15-26(24)36-29)27(33)30-16-6-8-19-7-4-5-9-23(19)30/h4-5,7,9-15,17H,6,8,16,18H2,1-3H3. The molecule has 0 radical (unpaired) electrons. The summed E-state index contributed by atoms with van der Waals surface area (Å²) in [6, 6.07) is 19.8. The third kappa shape index (κ3) is 4.21. The van der Waals surface area contributed by atoms with Crippen molar-refractivity contribution in [3.63, 3.8) is 0 Å². The first-order valence-corrected chi connectivity index (χ1v) is 12.0. The average molecular weight is 485 g/mol. The Labute approximate surface area is 210 Å². The summed E-state index contributed by atoms with van der Waals surface area (Å²) in [5.41, 5.74) is 2.21. The number of nitrogens with zero attached hydrogens (tertiary/aromatic N) is 2. The van der Waals surface area contributed by atoms with Gasteiger partial charge < -0.3 is 14.4 Å². The van der Waals surface area contributed by atoms with Crippen LogP contribution in [0.5, 0.6) is 11.5 Å². The Morgan fingerprint density at radius 2 is 1.69 bits per heavy atom. The Morgan fingerprint density at radius 1 is 0.972 bits per heavy atom. The Morgan fingerprint density at radius 3 is 2.44 bits per heavy atom. The van der Waals surface area contributed by atoms with Gasteiger partial charge in [0.25, 0.3) is 11.8 Å². The summed E-state index contributed by atoms with van der Waals surface area (Å²) in [6.45, 7) is 3.80. The van der Waals surface area contributed by atoms with Crippen molar-refractivity contribution in [2.75, 3.05) is 30.0 Å². The Kier molecular flexibility index (Phi) is 6.00. The summed E-state index contributed by atoms with van der Waals surface area (Å²) in [6.07, 6.45) is 1.81. The number of para-hydroxylation sites is 1. The van der Waals surface area contributed by atoms with Crippen LogP contribution in [-0.4, -0.2) is 43.4 Å². The van der Waals surface area contributed by atoms with E-state index < -0.39 is 5.60 Å². The minimum absolute atomic E-state index is 0.149. The van der Waals surface area contributed by atoms with E-state index in [4.69, 9.17) is 9.47 Å². The van der Waals surface area contributed by atoms with E-state index in [0.717, 1.165) is 24.1 Å². The topological polar surface area (TPSA) is 76.1 Å². The smallest absolute Gasteiger partial charge is 0.271 e. The Bertz CT molecular complexity index is 1350. The molecule has 0 fully saturated rings. The van der Waals surface area contributed by atoms with Crippen molar-refractivity contribution in [1.82, 2.24) is 0 Å². The van der Waals surface area contributed by atoms with E-state index in [-0.39, 0.29) is 24.1 Å². The highest BCUT2D eigenvalue weighted by atomic mass is 16.5. The fourth-order valence-electron chi connectivity index (χ4n) is 4.77. The lowest BCUT2D eigenvalue weighted by molar-refractivity contribution is -0.132. The average Bonchev–Trinajstić information content (AvgIpc) is 2.90. The lowest BCUT2D eigenvalue weighted by Crippen LogP contribution is -2.54. The van der Waals surface area contributed by atoms with Crippen LogP contribution in [0.4, 0.5) is 11.4 Å². The molecule has 5 rings (SSSR count).